The molecule has 1 rings (SSSR count). The van der Waals surface area contributed by atoms with E-state index in [0.29, 0.717) is 0 Å². The Balaban J connectivity index is 2.85. The fourth-order valence-corrected chi connectivity index (χ4v) is 4.79. The van der Waals surface area contributed by atoms with E-state index in [2.05, 4.69) is 0 Å². The minimum atomic E-state index is -4.00. The second kappa shape index (κ2) is 10.1. The summed E-state index contributed by atoms with van der Waals surface area (Å²) in [6.07, 6.45) is -1.49. The molecular formula is C17H23O8P. The number of carboxylic acid groups (broad SMARTS) is 2. The zero-order valence-electron chi connectivity index (χ0n) is 14.4. The van der Waals surface area contributed by atoms with Gasteiger partial charge in [-0.05, 0) is 18.4 Å². The molecule has 0 aliphatic rings. The first-order valence-corrected chi connectivity index (χ1v) is 10.0. The van der Waals surface area contributed by atoms with Gasteiger partial charge in [0, 0.05) is 18.7 Å². The van der Waals surface area contributed by atoms with E-state index in [9.17, 15) is 23.8 Å². The van der Waals surface area contributed by atoms with Crippen molar-refractivity contribution < 1.29 is 38.8 Å². The Kier molecular flexibility index (Phi) is 8.48. The van der Waals surface area contributed by atoms with Gasteiger partial charge in [-0.1, -0.05) is 30.3 Å². The molecule has 9 heteroatoms. The molecule has 0 saturated heterocycles. The SMILES string of the molecule is COC(=O)C(Cc1ccccc1)CP(=O)(O)CC(CCC(=O)O)C(=O)O. The van der Waals surface area contributed by atoms with Gasteiger partial charge in [0.25, 0.3) is 0 Å². The number of carbonyl (C=O) groups is 3. The zero-order chi connectivity index (χ0) is 19.7. The molecule has 3 N–H and O–H groups in total. The lowest BCUT2D eigenvalue weighted by Crippen LogP contribution is -2.26. The summed E-state index contributed by atoms with van der Waals surface area (Å²) < 4.78 is 17.2. The maximum atomic E-state index is 12.5. The largest absolute Gasteiger partial charge is 0.481 e. The van der Waals surface area contributed by atoms with Crippen molar-refractivity contribution in [3.63, 3.8) is 0 Å². The van der Waals surface area contributed by atoms with Crippen LogP contribution in [0.25, 0.3) is 0 Å². The Morgan fingerprint density at radius 3 is 2.15 bits per heavy atom. The number of ether oxygens (including phenoxy) is 1. The molecule has 0 bridgehead atoms. The number of methoxy groups -OCH3 is 1. The van der Waals surface area contributed by atoms with Crippen molar-refractivity contribution >= 4 is 25.3 Å². The van der Waals surface area contributed by atoms with E-state index in [4.69, 9.17) is 14.9 Å². The van der Waals surface area contributed by atoms with Gasteiger partial charge in [-0.3, -0.25) is 18.9 Å². The average Bonchev–Trinajstić information content (AvgIpc) is 2.57. The third-order valence-corrected chi connectivity index (χ3v) is 5.95. The van der Waals surface area contributed by atoms with Crippen LogP contribution in [0.15, 0.2) is 30.3 Å². The van der Waals surface area contributed by atoms with E-state index < -0.39 is 55.9 Å². The van der Waals surface area contributed by atoms with Crippen LogP contribution in [-0.4, -0.2) is 52.4 Å². The minimum absolute atomic E-state index is 0.185. The number of aliphatic carboxylic acids is 2. The first-order valence-electron chi connectivity index (χ1n) is 8.02. The predicted molar refractivity (Wildman–Crippen MR) is 93.2 cm³/mol. The molecule has 0 radical (unpaired) electrons. The number of carboxylic acids is 2. The third-order valence-electron chi connectivity index (χ3n) is 3.93. The molecule has 0 saturated carbocycles. The van der Waals surface area contributed by atoms with Crippen molar-refractivity contribution in [3.8, 4) is 0 Å². The number of rotatable bonds is 11. The number of hydrogen-bond donors (Lipinski definition) is 3. The molecule has 3 atom stereocenters. The molecule has 0 amide bonds. The van der Waals surface area contributed by atoms with Crippen molar-refractivity contribution in [3.05, 3.63) is 35.9 Å². The van der Waals surface area contributed by atoms with Gasteiger partial charge >= 0.3 is 17.9 Å². The monoisotopic (exact) mass is 386 g/mol. The van der Waals surface area contributed by atoms with Crippen molar-refractivity contribution in [2.24, 2.45) is 11.8 Å². The van der Waals surface area contributed by atoms with Crippen LogP contribution < -0.4 is 0 Å². The maximum absolute atomic E-state index is 12.5. The number of carbonyl (C=O) groups excluding carboxylic acids is 1. The highest BCUT2D eigenvalue weighted by molar-refractivity contribution is 7.58. The summed E-state index contributed by atoms with van der Waals surface area (Å²) in [5, 5.41) is 17.8. The van der Waals surface area contributed by atoms with Gasteiger partial charge in [0.05, 0.1) is 18.9 Å². The highest BCUT2D eigenvalue weighted by Crippen LogP contribution is 2.46. The van der Waals surface area contributed by atoms with Crippen LogP contribution >= 0.6 is 7.37 Å². The topological polar surface area (TPSA) is 138 Å². The molecule has 3 unspecified atom stereocenters. The van der Waals surface area contributed by atoms with E-state index in [1.54, 1.807) is 30.3 Å². The lowest BCUT2D eigenvalue weighted by molar-refractivity contribution is -0.145. The van der Waals surface area contributed by atoms with Crippen LogP contribution in [-0.2, 0) is 30.1 Å². The summed E-state index contributed by atoms with van der Waals surface area (Å²) >= 11 is 0. The quantitative estimate of drug-likeness (QED) is 0.387. The van der Waals surface area contributed by atoms with Crippen LogP contribution in [0.1, 0.15) is 18.4 Å². The molecule has 0 aliphatic carbocycles. The Morgan fingerprint density at radius 1 is 1.08 bits per heavy atom. The Labute approximate surface area is 151 Å². The van der Waals surface area contributed by atoms with Crippen molar-refractivity contribution in [2.45, 2.75) is 19.3 Å². The highest BCUT2D eigenvalue weighted by atomic mass is 31.2. The first kappa shape index (κ1) is 21.9. The molecule has 0 aromatic heterocycles. The van der Waals surface area contributed by atoms with E-state index >= 15 is 0 Å². The second-order valence-corrected chi connectivity index (χ2v) is 8.51. The smallest absolute Gasteiger partial charge is 0.309 e. The summed E-state index contributed by atoms with van der Waals surface area (Å²) in [5.41, 5.74) is 0.781. The fraction of sp³-hybridized carbons (Fsp3) is 0.471. The predicted octanol–water partition coefficient (Wildman–Crippen LogP) is 1.85. The van der Waals surface area contributed by atoms with Crippen molar-refractivity contribution in [1.82, 2.24) is 0 Å². The standard InChI is InChI=1S/C17H23O8P/c1-25-17(22)14(9-12-5-3-2-4-6-12)11-26(23,24)10-13(16(20)21)7-8-15(18)19/h2-6,13-14H,7-11H2,1H3,(H,18,19)(H,20,21)(H,23,24). The average molecular weight is 386 g/mol. The maximum Gasteiger partial charge on any atom is 0.309 e. The number of esters is 1. The van der Waals surface area contributed by atoms with E-state index in [1.807, 2.05) is 0 Å². The van der Waals surface area contributed by atoms with E-state index in [-0.39, 0.29) is 12.8 Å². The molecule has 0 spiro atoms. The lowest BCUT2D eigenvalue weighted by atomic mass is 10.0. The number of hydrogen-bond acceptors (Lipinski definition) is 5. The Morgan fingerprint density at radius 2 is 1.65 bits per heavy atom. The molecule has 1 aromatic carbocycles. The van der Waals surface area contributed by atoms with Crippen molar-refractivity contribution in [1.29, 1.82) is 0 Å². The van der Waals surface area contributed by atoms with Gasteiger partial charge in [0.2, 0.25) is 7.37 Å². The van der Waals surface area contributed by atoms with Gasteiger partial charge in [0.1, 0.15) is 0 Å². The van der Waals surface area contributed by atoms with Gasteiger partial charge in [0.15, 0.2) is 0 Å². The molecule has 144 valence electrons. The second-order valence-electron chi connectivity index (χ2n) is 6.09. The molecule has 8 nitrogen and oxygen atoms in total. The first-order chi connectivity index (χ1) is 12.1. The van der Waals surface area contributed by atoms with Gasteiger partial charge in [-0.15, -0.1) is 0 Å². The zero-order valence-corrected chi connectivity index (χ0v) is 15.3. The van der Waals surface area contributed by atoms with Gasteiger partial charge in [-0.2, -0.15) is 0 Å². The van der Waals surface area contributed by atoms with Gasteiger partial charge < -0.3 is 19.8 Å². The molecule has 0 fully saturated rings. The molecule has 26 heavy (non-hydrogen) atoms. The minimum Gasteiger partial charge on any atom is -0.481 e. The third kappa shape index (κ3) is 7.80. The summed E-state index contributed by atoms with van der Waals surface area (Å²) in [7, 11) is -2.82. The normalized spacial score (nSPS) is 15.5. The Bertz CT molecular complexity index is 673. The van der Waals surface area contributed by atoms with Crippen LogP contribution in [0.3, 0.4) is 0 Å². The van der Waals surface area contributed by atoms with Crippen LogP contribution in [0.2, 0.25) is 0 Å². The highest BCUT2D eigenvalue weighted by Gasteiger charge is 2.34. The van der Waals surface area contributed by atoms with Crippen LogP contribution in [0, 0.1) is 11.8 Å². The van der Waals surface area contributed by atoms with Gasteiger partial charge in [-0.25, -0.2) is 0 Å². The molecular weight excluding hydrogens is 363 g/mol. The number of benzene rings is 1. The van der Waals surface area contributed by atoms with Crippen LogP contribution in [0.5, 0.6) is 0 Å². The Hall–Kier alpha value is -2.18. The summed E-state index contributed by atoms with van der Waals surface area (Å²) in [6, 6.07) is 8.88. The summed E-state index contributed by atoms with van der Waals surface area (Å²) in [6.45, 7) is 0. The van der Waals surface area contributed by atoms with E-state index in [1.165, 1.54) is 7.11 Å². The fourth-order valence-electron chi connectivity index (χ4n) is 2.64. The summed E-state index contributed by atoms with van der Waals surface area (Å²) in [4.78, 5) is 44.1. The van der Waals surface area contributed by atoms with E-state index in [0.717, 1.165) is 5.56 Å². The molecule has 1 aromatic rings. The molecule has 0 heterocycles. The lowest BCUT2D eigenvalue weighted by Gasteiger charge is -2.21. The molecule has 0 aliphatic heterocycles. The van der Waals surface area contributed by atoms with Crippen molar-refractivity contribution in [2.75, 3.05) is 19.4 Å². The summed E-state index contributed by atoms with van der Waals surface area (Å²) in [5.74, 6) is -5.33. The van der Waals surface area contributed by atoms with Crippen LogP contribution in [0.4, 0.5) is 0 Å².